The van der Waals surface area contributed by atoms with Gasteiger partial charge in [-0.3, -0.25) is 4.79 Å². The zero-order valence-electron chi connectivity index (χ0n) is 17.2. The average molecular weight is 509 g/mol. The molecule has 0 aliphatic rings. The molecule has 2 aromatic carbocycles. The normalized spacial score (nSPS) is 11.7. The van der Waals surface area contributed by atoms with Gasteiger partial charge in [0, 0.05) is 22.9 Å². The Hall–Kier alpha value is -3.07. The first-order valence-corrected chi connectivity index (χ1v) is 11.6. The number of nitrogens with zero attached hydrogens (tertiary/aromatic N) is 2. The highest BCUT2D eigenvalue weighted by Gasteiger charge is 2.12. The molecule has 2 heterocycles. The second kappa shape index (κ2) is 10.0. The van der Waals surface area contributed by atoms with E-state index in [4.69, 9.17) is 0 Å². The van der Waals surface area contributed by atoms with Gasteiger partial charge in [-0.15, -0.1) is 11.3 Å². The van der Waals surface area contributed by atoms with E-state index < -0.39 is 6.10 Å². The standard InChI is InChI=1S/C24H21BrN4O2S/c1-15(30)17-5-3-7-19(13-17)28-24-26-11-10-20(29-24)21-8-9-22(32-21)23(31)27-14-16-4-2-6-18(25)12-16/h2-13,15,30H,14H2,1H3,(H,27,31)(H,26,28,29). The summed E-state index contributed by atoms with van der Waals surface area (Å²) in [5, 5.41) is 15.9. The minimum atomic E-state index is -0.553. The summed E-state index contributed by atoms with van der Waals surface area (Å²) < 4.78 is 0.980. The molecule has 4 aromatic rings. The van der Waals surface area contributed by atoms with E-state index in [-0.39, 0.29) is 5.91 Å². The third-order valence-corrected chi connectivity index (χ3v) is 6.30. The van der Waals surface area contributed by atoms with Gasteiger partial charge in [-0.25, -0.2) is 9.97 Å². The van der Waals surface area contributed by atoms with Crippen molar-refractivity contribution in [2.75, 3.05) is 5.32 Å². The van der Waals surface area contributed by atoms with Crippen LogP contribution in [0.25, 0.3) is 10.6 Å². The van der Waals surface area contributed by atoms with Gasteiger partial charge >= 0.3 is 0 Å². The number of hydrogen-bond donors (Lipinski definition) is 3. The van der Waals surface area contributed by atoms with Gasteiger partial charge in [-0.05, 0) is 60.5 Å². The summed E-state index contributed by atoms with van der Waals surface area (Å²) in [5.74, 6) is 0.322. The van der Waals surface area contributed by atoms with Gasteiger partial charge < -0.3 is 15.7 Å². The number of carbonyl (C=O) groups excluding carboxylic acids is 1. The van der Waals surface area contributed by atoms with Crippen molar-refractivity contribution in [1.82, 2.24) is 15.3 Å². The fraction of sp³-hybridized carbons (Fsp3) is 0.125. The Morgan fingerprint density at radius 3 is 2.78 bits per heavy atom. The number of aliphatic hydroxyl groups excluding tert-OH is 1. The quantitative estimate of drug-likeness (QED) is 0.298. The van der Waals surface area contributed by atoms with Crippen LogP contribution in [0.2, 0.25) is 0 Å². The van der Waals surface area contributed by atoms with Crippen LogP contribution >= 0.6 is 27.3 Å². The lowest BCUT2D eigenvalue weighted by Crippen LogP contribution is -2.21. The van der Waals surface area contributed by atoms with Crippen molar-refractivity contribution in [1.29, 1.82) is 0 Å². The van der Waals surface area contributed by atoms with Crippen LogP contribution in [-0.2, 0) is 6.54 Å². The predicted molar refractivity (Wildman–Crippen MR) is 131 cm³/mol. The number of halogens is 1. The van der Waals surface area contributed by atoms with Crippen LogP contribution in [0.3, 0.4) is 0 Å². The molecule has 8 heteroatoms. The topological polar surface area (TPSA) is 87.1 Å². The van der Waals surface area contributed by atoms with Crippen LogP contribution in [0, 0.1) is 0 Å². The molecule has 1 amide bonds. The molecule has 1 atom stereocenters. The summed E-state index contributed by atoms with van der Waals surface area (Å²) in [6.07, 6.45) is 1.12. The molecule has 3 N–H and O–H groups in total. The van der Waals surface area contributed by atoms with E-state index in [1.54, 1.807) is 19.2 Å². The van der Waals surface area contributed by atoms with Crippen LogP contribution in [-0.4, -0.2) is 21.0 Å². The number of aliphatic hydroxyl groups is 1. The summed E-state index contributed by atoms with van der Waals surface area (Å²) in [6.45, 7) is 2.18. The number of anilines is 2. The molecule has 0 aliphatic carbocycles. The van der Waals surface area contributed by atoms with Crippen molar-refractivity contribution >= 4 is 44.8 Å². The van der Waals surface area contributed by atoms with E-state index in [1.807, 2.05) is 60.7 Å². The van der Waals surface area contributed by atoms with E-state index in [2.05, 4.69) is 36.5 Å². The fourth-order valence-electron chi connectivity index (χ4n) is 3.08. The van der Waals surface area contributed by atoms with Crippen molar-refractivity contribution in [3.05, 3.63) is 93.4 Å². The highest BCUT2D eigenvalue weighted by atomic mass is 79.9. The predicted octanol–water partition coefficient (Wildman–Crippen LogP) is 5.69. The number of benzene rings is 2. The molecule has 0 saturated carbocycles. The largest absolute Gasteiger partial charge is 0.389 e. The lowest BCUT2D eigenvalue weighted by atomic mass is 10.1. The Labute approximate surface area is 198 Å². The van der Waals surface area contributed by atoms with Crippen molar-refractivity contribution in [3.63, 3.8) is 0 Å². The first-order chi connectivity index (χ1) is 15.5. The molecule has 0 saturated heterocycles. The summed E-state index contributed by atoms with van der Waals surface area (Å²) in [7, 11) is 0. The molecule has 6 nitrogen and oxygen atoms in total. The minimum absolute atomic E-state index is 0.122. The van der Waals surface area contributed by atoms with E-state index in [0.29, 0.717) is 17.4 Å². The van der Waals surface area contributed by atoms with E-state index >= 15 is 0 Å². The zero-order chi connectivity index (χ0) is 22.5. The van der Waals surface area contributed by atoms with Crippen molar-refractivity contribution in [2.45, 2.75) is 19.6 Å². The third-order valence-electron chi connectivity index (χ3n) is 4.71. The molecule has 0 radical (unpaired) electrons. The smallest absolute Gasteiger partial charge is 0.261 e. The monoisotopic (exact) mass is 508 g/mol. The number of amides is 1. The number of hydrogen-bond acceptors (Lipinski definition) is 6. The molecule has 162 valence electrons. The molecule has 0 aliphatic heterocycles. The SMILES string of the molecule is CC(O)c1cccc(Nc2nccc(-c3ccc(C(=O)NCc4cccc(Br)c4)s3)n2)c1. The lowest BCUT2D eigenvalue weighted by Gasteiger charge is -2.09. The molecular weight excluding hydrogens is 488 g/mol. The van der Waals surface area contributed by atoms with Crippen LogP contribution in [0.15, 0.2) is 77.4 Å². The van der Waals surface area contributed by atoms with Gasteiger partial charge in [0.15, 0.2) is 0 Å². The summed E-state index contributed by atoms with van der Waals surface area (Å²) in [6, 6.07) is 20.8. The fourth-order valence-corrected chi connectivity index (χ4v) is 4.41. The molecule has 1 unspecified atom stereocenters. The molecule has 0 spiro atoms. The van der Waals surface area contributed by atoms with Crippen molar-refractivity contribution in [2.24, 2.45) is 0 Å². The number of thiophene rings is 1. The first-order valence-electron chi connectivity index (χ1n) is 9.99. The Morgan fingerprint density at radius 2 is 1.97 bits per heavy atom. The van der Waals surface area contributed by atoms with E-state index in [9.17, 15) is 9.90 Å². The summed E-state index contributed by atoms with van der Waals surface area (Å²) >= 11 is 4.82. The zero-order valence-corrected chi connectivity index (χ0v) is 19.7. The van der Waals surface area contributed by atoms with E-state index in [0.717, 1.165) is 31.9 Å². The Balaban J connectivity index is 1.45. The maximum atomic E-state index is 12.6. The Kier molecular flexibility index (Phi) is 6.94. The van der Waals surface area contributed by atoms with Crippen molar-refractivity contribution in [3.8, 4) is 10.6 Å². The van der Waals surface area contributed by atoms with Gasteiger partial charge in [-0.2, -0.15) is 0 Å². The highest BCUT2D eigenvalue weighted by molar-refractivity contribution is 9.10. The second-order valence-corrected chi connectivity index (χ2v) is 9.17. The number of nitrogens with one attached hydrogen (secondary N) is 2. The molecule has 32 heavy (non-hydrogen) atoms. The first kappa shape index (κ1) is 22.1. The van der Waals surface area contributed by atoms with Crippen LogP contribution in [0.5, 0.6) is 0 Å². The van der Waals surface area contributed by atoms with Crippen LogP contribution in [0.1, 0.15) is 33.8 Å². The molecule has 0 fully saturated rings. The third kappa shape index (κ3) is 5.59. The number of aromatic nitrogens is 2. The molecule has 4 rings (SSSR count). The van der Waals surface area contributed by atoms with E-state index in [1.165, 1.54) is 11.3 Å². The van der Waals surface area contributed by atoms with Gasteiger partial charge in [0.25, 0.3) is 5.91 Å². The molecular formula is C24H21BrN4O2S. The van der Waals surface area contributed by atoms with Gasteiger partial charge in [0.05, 0.1) is 21.6 Å². The van der Waals surface area contributed by atoms with Gasteiger partial charge in [-0.1, -0.05) is 40.2 Å². The number of carbonyl (C=O) groups is 1. The maximum absolute atomic E-state index is 12.6. The van der Waals surface area contributed by atoms with Crippen molar-refractivity contribution < 1.29 is 9.90 Å². The highest BCUT2D eigenvalue weighted by Crippen LogP contribution is 2.28. The summed E-state index contributed by atoms with van der Waals surface area (Å²) in [4.78, 5) is 22.9. The molecule has 2 aromatic heterocycles. The van der Waals surface area contributed by atoms with Gasteiger partial charge in [0.1, 0.15) is 0 Å². The lowest BCUT2D eigenvalue weighted by molar-refractivity contribution is 0.0955. The minimum Gasteiger partial charge on any atom is -0.389 e. The Morgan fingerprint density at radius 1 is 1.12 bits per heavy atom. The van der Waals surface area contributed by atoms with Crippen LogP contribution < -0.4 is 10.6 Å². The Bertz CT molecular complexity index is 1240. The van der Waals surface area contributed by atoms with Gasteiger partial charge in [0.2, 0.25) is 5.95 Å². The van der Waals surface area contributed by atoms with Crippen LogP contribution in [0.4, 0.5) is 11.6 Å². The second-order valence-electron chi connectivity index (χ2n) is 7.17. The summed E-state index contributed by atoms with van der Waals surface area (Å²) in [5.41, 5.74) is 3.35. The molecule has 0 bridgehead atoms. The average Bonchev–Trinajstić information content (AvgIpc) is 3.28. The number of rotatable bonds is 7. The maximum Gasteiger partial charge on any atom is 0.261 e.